The Balaban J connectivity index is 2.11. The molecule has 0 unspecified atom stereocenters. The quantitative estimate of drug-likeness (QED) is 0.637. The molecule has 29 heavy (non-hydrogen) atoms. The molecule has 0 radical (unpaired) electrons. The number of halogens is 1. The normalized spacial score (nSPS) is 10.7. The average Bonchev–Trinajstić information content (AvgIpc) is 2.68. The number of nitrogens with one attached hydrogen (secondary N) is 1. The van der Waals surface area contributed by atoms with Crippen LogP contribution in [0.25, 0.3) is 0 Å². The van der Waals surface area contributed by atoms with Crippen LogP contribution in [0.4, 0.5) is 5.69 Å². The number of aryl methyl sites for hydroxylation is 1. The van der Waals surface area contributed by atoms with Gasteiger partial charge in [-0.05, 0) is 62.1 Å². The minimum Gasteiger partial charge on any atom is -0.483 e. The lowest BCUT2D eigenvalue weighted by Crippen LogP contribution is -2.30. The van der Waals surface area contributed by atoms with E-state index in [0.717, 1.165) is 11.1 Å². The lowest BCUT2D eigenvalue weighted by Gasteiger charge is -2.19. The fraction of sp³-hybridized carbons (Fsp3) is 0.391. The van der Waals surface area contributed by atoms with E-state index in [2.05, 4.69) is 19.2 Å². The topological polar surface area (TPSA) is 58.6 Å². The fourth-order valence-corrected chi connectivity index (χ4v) is 3.19. The van der Waals surface area contributed by atoms with Crippen molar-refractivity contribution in [3.63, 3.8) is 0 Å². The summed E-state index contributed by atoms with van der Waals surface area (Å²) in [6.45, 7) is 11.1. The minimum absolute atomic E-state index is 0.0975. The Bertz CT molecular complexity index is 876. The van der Waals surface area contributed by atoms with Crippen LogP contribution in [-0.2, 0) is 4.79 Å². The first-order chi connectivity index (χ1) is 13.8. The van der Waals surface area contributed by atoms with Gasteiger partial charge in [-0.3, -0.25) is 9.59 Å². The number of benzene rings is 2. The van der Waals surface area contributed by atoms with E-state index in [1.807, 2.05) is 39.0 Å². The molecule has 156 valence electrons. The second-order valence-electron chi connectivity index (χ2n) is 7.20. The van der Waals surface area contributed by atoms with Gasteiger partial charge in [0.15, 0.2) is 6.61 Å². The lowest BCUT2D eigenvalue weighted by atomic mass is 10.0. The Kier molecular flexibility index (Phi) is 8.09. The van der Waals surface area contributed by atoms with Gasteiger partial charge in [0.1, 0.15) is 5.75 Å². The van der Waals surface area contributed by atoms with Gasteiger partial charge in [0.2, 0.25) is 0 Å². The lowest BCUT2D eigenvalue weighted by molar-refractivity contribution is -0.118. The third-order valence-corrected chi connectivity index (χ3v) is 5.02. The Labute approximate surface area is 178 Å². The molecule has 2 aromatic carbocycles. The van der Waals surface area contributed by atoms with Gasteiger partial charge >= 0.3 is 0 Å². The Hall–Kier alpha value is -2.53. The van der Waals surface area contributed by atoms with E-state index in [0.29, 0.717) is 35.1 Å². The average molecular weight is 417 g/mol. The van der Waals surface area contributed by atoms with Gasteiger partial charge in [-0.2, -0.15) is 0 Å². The number of carbonyl (C=O) groups is 2. The summed E-state index contributed by atoms with van der Waals surface area (Å²) in [5.41, 5.74) is 2.99. The van der Waals surface area contributed by atoms with Gasteiger partial charge in [-0.15, -0.1) is 0 Å². The van der Waals surface area contributed by atoms with Gasteiger partial charge in [0.05, 0.1) is 10.7 Å². The van der Waals surface area contributed by atoms with Crippen molar-refractivity contribution in [3.8, 4) is 5.75 Å². The number of hydrogen-bond donors (Lipinski definition) is 1. The van der Waals surface area contributed by atoms with Crippen LogP contribution in [0.1, 0.15) is 55.1 Å². The van der Waals surface area contributed by atoms with Crippen LogP contribution in [0.3, 0.4) is 0 Å². The van der Waals surface area contributed by atoms with E-state index < -0.39 is 0 Å². The predicted octanol–water partition coefficient (Wildman–Crippen LogP) is 5.27. The Morgan fingerprint density at radius 2 is 1.79 bits per heavy atom. The van der Waals surface area contributed by atoms with Gasteiger partial charge in [0.25, 0.3) is 11.8 Å². The minimum atomic E-state index is -0.337. The first-order valence-electron chi connectivity index (χ1n) is 9.88. The summed E-state index contributed by atoms with van der Waals surface area (Å²) in [4.78, 5) is 26.7. The van der Waals surface area contributed by atoms with Crippen molar-refractivity contribution < 1.29 is 14.3 Å². The first-order valence-corrected chi connectivity index (χ1v) is 10.3. The molecule has 0 aliphatic heterocycles. The Morgan fingerprint density at radius 1 is 1.10 bits per heavy atom. The van der Waals surface area contributed by atoms with Crippen LogP contribution in [0, 0.1) is 6.92 Å². The summed E-state index contributed by atoms with van der Waals surface area (Å²) in [5.74, 6) is 0.549. The molecule has 0 saturated heterocycles. The number of amides is 2. The summed E-state index contributed by atoms with van der Waals surface area (Å²) >= 11 is 6.22. The summed E-state index contributed by atoms with van der Waals surface area (Å²) in [6, 6.07) is 10.9. The van der Waals surface area contributed by atoms with E-state index >= 15 is 0 Å². The van der Waals surface area contributed by atoms with E-state index in [-0.39, 0.29) is 24.3 Å². The van der Waals surface area contributed by atoms with Crippen LogP contribution in [0.15, 0.2) is 36.4 Å². The number of carbonyl (C=O) groups excluding carboxylic acids is 2. The molecule has 0 saturated carbocycles. The fourth-order valence-electron chi connectivity index (χ4n) is 3.02. The van der Waals surface area contributed by atoms with Crippen molar-refractivity contribution in [2.24, 2.45) is 0 Å². The summed E-state index contributed by atoms with van der Waals surface area (Å²) in [5, 5.41) is 3.12. The van der Waals surface area contributed by atoms with E-state index in [4.69, 9.17) is 16.3 Å². The van der Waals surface area contributed by atoms with Crippen LogP contribution in [0.5, 0.6) is 5.75 Å². The Morgan fingerprint density at radius 3 is 2.41 bits per heavy atom. The van der Waals surface area contributed by atoms with Gasteiger partial charge in [-0.25, -0.2) is 0 Å². The summed E-state index contributed by atoms with van der Waals surface area (Å²) in [6.07, 6.45) is 0. The number of anilines is 1. The molecule has 0 aliphatic carbocycles. The molecule has 0 atom stereocenters. The molecule has 0 heterocycles. The number of nitrogens with zero attached hydrogens (tertiary/aromatic N) is 1. The van der Waals surface area contributed by atoms with E-state index in [1.165, 1.54) is 0 Å². The smallest absolute Gasteiger partial charge is 0.262 e. The van der Waals surface area contributed by atoms with Gasteiger partial charge < -0.3 is 15.0 Å². The van der Waals surface area contributed by atoms with Crippen LogP contribution in [0.2, 0.25) is 5.02 Å². The molecule has 0 aliphatic rings. The van der Waals surface area contributed by atoms with E-state index in [1.54, 1.807) is 23.1 Å². The standard InChI is InChI=1S/C23H29ClN2O3/c1-6-26(7-2)23(28)17-9-11-19(24)20(13-17)25-22(27)14-29-21-12-16(5)8-10-18(21)15(3)4/h8-13,15H,6-7,14H2,1-5H3,(H,25,27). The summed E-state index contributed by atoms with van der Waals surface area (Å²) < 4.78 is 5.77. The third kappa shape index (κ3) is 5.97. The van der Waals surface area contributed by atoms with Crippen molar-refractivity contribution in [2.75, 3.05) is 25.0 Å². The highest BCUT2D eigenvalue weighted by molar-refractivity contribution is 6.33. The van der Waals surface area contributed by atoms with Crippen molar-refractivity contribution in [2.45, 2.75) is 40.5 Å². The van der Waals surface area contributed by atoms with Crippen molar-refractivity contribution in [1.29, 1.82) is 0 Å². The SMILES string of the molecule is CCN(CC)C(=O)c1ccc(Cl)c(NC(=O)COc2cc(C)ccc2C(C)C)c1. The first kappa shape index (κ1) is 22.8. The molecule has 5 nitrogen and oxygen atoms in total. The highest BCUT2D eigenvalue weighted by Crippen LogP contribution is 2.28. The highest BCUT2D eigenvalue weighted by atomic mass is 35.5. The maximum atomic E-state index is 12.5. The second-order valence-corrected chi connectivity index (χ2v) is 7.61. The number of hydrogen-bond acceptors (Lipinski definition) is 3. The molecule has 0 aromatic heterocycles. The number of ether oxygens (including phenoxy) is 1. The van der Waals surface area contributed by atoms with Crippen LogP contribution < -0.4 is 10.1 Å². The molecule has 2 amide bonds. The molecule has 0 bridgehead atoms. The molecule has 2 rings (SSSR count). The molecule has 0 fully saturated rings. The molecule has 6 heteroatoms. The molecule has 0 spiro atoms. The van der Waals surface area contributed by atoms with Crippen molar-refractivity contribution in [1.82, 2.24) is 4.90 Å². The zero-order chi connectivity index (χ0) is 21.6. The van der Waals surface area contributed by atoms with Gasteiger partial charge in [0, 0.05) is 18.7 Å². The maximum absolute atomic E-state index is 12.5. The molecular formula is C23H29ClN2O3. The molecule has 2 aromatic rings. The predicted molar refractivity (Wildman–Crippen MR) is 118 cm³/mol. The highest BCUT2D eigenvalue weighted by Gasteiger charge is 2.16. The van der Waals surface area contributed by atoms with E-state index in [9.17, 15) is 9.59 Å². The summed E-state index contributed by atoms with van der Waals surface area (Å²) in [7, 11) is 0. The molecular weight excluding hydrogens is 388 g/mol. The molecule has 1 N–H and O–H groups in total. The van der Waals surface area contributed by atoms with Crippen molar-refractivity contribution >= 4 is 29.1 Å². The second kappa shape index (κ2) is 10.3. The maximum Gasteiger partial charge on any atom is 0.262 e. The largest absolute Gasteiger partial charge is 0.483 e. The monoisotopic (exact) mass is 416 g/mol. The third-order valence-electron chi connectivity index (χ3n) is 4.69. The zero-order valence-electron chi connectivity index (χ0n) is 17.7. The van der Waals surface area contributed by atoms with Gasteiger partial charge in [-0.1, -0.05) is 37.6 Å². The van der Waals surface area contributed by atoms with Crippen LogP contribution in [-0.4, -0.2) is 36.4 Å². The van der Waals surface area contributed by atoms with Crippen molar-refractivity contribution in [3.05, 3.63) is 58.1 Å². The number of rotatable bonds is 8. The zero-order valence-corrected chi connectivity index (χ0v) is 18.5. The van der Waals surface area contributed by atoms with Crippen LogP contribution >= 0.6 is 11.6 Å².